The van der Waals surface area contributed by atoms with Crippen LogP contribution in [0, 0.1) is 0 Å². The Bertz CT molecular complexity index is 475. The number of nitrogens with one attached hydrogen (secondary N) is 2. The van der Waals surface area contributed by atoms with Crippen LogP contribution in [0.2, 0.25) is 0 Å². The van der Waals surface area contributed by atoms with E-state index in [1.54, 1.807) is 0 Å². The average Bonchev–Trinajstić information content (AvgIpc) is 2.61. The lowest BCUT2D eigenvalue weighted by Crippen LogP contribution is -2.23. The molecule has 0 aromatic carbocycles. The fourth-order valence-electron chi connectivity index (χ4n) is 1.71. The molecule has 98 valence electrons. The zero-order chi connectivity index (χ0) is 13.3. The van der Waals surface area contributed by atoms with E-state index >= 15 is 0 Å². The van der Waals surface area contributed by atoms with Gasteiger partial charge in [0.15, 0.2) is 0 Å². The first-order chi connectivity index (χ1) is 8.34. The van der Waals surface area contributed by atoms with Crippen LogP contribution in [0.5, 0.6) is 0 Å². The fraction of sp³-hybridized carbons (Fsp3) is 0.400. The lowest BCUT2D eigenvalue weighted by molar-refractivity contribution is -0.137. The number of amides is 1. The molecule has 0 spiro atoms. The summed E-state index contributed by atoms with van der Waals surface area (Å²) in [6.45, 7) is 0.358. The highest BCUT2D eigenvalue weighted by molar-refractivity contribution is 5.79. The van der Waals surface area contributed by atoms with E-state index in [4.69, 9.17) is 5.73 Å². The summed E-state index contributed by atoms with van der Waals surface area (Å²) in [6.07, 6.45) is -4.27. The van der Waals surface area contributed by atoms with Gasteiger partial charge in [-0.25, -0.2) is 4.98 Å². The standard InChI is InChI=1S/C10H11F3N4O/c11-10(12,13)5-1-7(14)17-8(2-5)16-6-3-9(18)15-4-6/h1-2,6H,3-4H2,(H,15,18)(H3,14,16,17). The molecule has 0 saturated carbocycles. The lowest BCUT2D eigenvalue weighted by Gasteiger charge is -2.14. The van der Waals surface area contributed by atoms with Gasteiger partial charge in [-0.3, -0.25) is 4.79 Å². The SMILES string of the molecule is Nc1cc(C(F)(F)F)cc(NC2CNC(=O)C2)n1. The van der Waals surface area contributed by atoms with Gasteiger partial charge in [-0.2, -0.15) is 13.2 Å². The molecule has 2 rings (SSSR count). The molecule has 18 heavy (non-hydrogen) atoms. The van der Waals surface area contributed by atoms with Gasteiger partial charge in [0.05, 0.1) is 11.6 Å². The van der Waals surface area contributed by atoms with Crippen molar-refractivity contribution in [1.29, 1.82) is 0 Å². The van der Waals surface area contributed by atoms with Gasteiger partial charge in [0, 0.05) is 13.0 Å². The molecule has 1 fully saturated rings. The smallest absolute Gasteiger partial charge is 0.384 e. The molecule has 0 bridgehead atoms. The van der Waals surface area contributed by atoms with E-state index in [-0.39, 0.29) is 30.0 Å². The van der Waals surface area contributed by atoms with Crippen LogP contribution in [0.25, 0.3) is 0 Å². The van der Waals surface area contributed by atoms with Crippen molar-refractivity contribution in [3.05, 3.63) is 17.7 Å². The van der Waals surface area contributed by atoms with E-state index in [1.165, 1.54) is 0 Å². The largest absolute Gasteiger partial charge is 0.416 e. The molecular weight excluding hydrogens is 249 g/mol. The van der Waals surface area contributed by atoms with E-state index in [9.17, 15) is 18.0 Å². The fourth-order valence-corrected chi connectivity index (χ4v) is 1.71. The van der Waals surface area contributed by atoms with Crippen LogP contribution in [0.15, 0.2) is 12.1 Å². The maximum Gasteiger partial charge on any atom is 0.416 e. The van der Waals surface area contributed by atoms with Gasteiger partial charge in [-0.15, -0.1) is 0 Å². The number of hydrogen-bond donors (Lipinski definition) is 3. The highest BCUT2D eigenvalue weighted by atomic mass is 19.4. The van der Waals surface area contributed by atoms with E-state index in [0.717, 1.165) is 12.1 Å². The number of nitrogens with zero attached hydrogens (tertiary/aromatic N) is 1. The molecule has 8 heteroatoms. The number of halogens is 3. The van der Waals surface area contributed by atoms with Gasteiger partial charge in [-0.05, 0) is 12.1 Å². The number of alkyl halides is 3. The summed E-state index contributed by atoms with van der Waals surface area (Å²) in [4.78, 5) is 14.7. The minimum atomic E-state index is -4.47. The van der Waals surface area contributed by atoms with Crippen molar-refractivity contribution < 1.29 is 18.0 Å². The van der Waals surface area contributed by atoms with E-state index < -0.39 is 11.7 Å². The Balaban J connectivity index is 2.18. The Kier molecular flexibility index (Phi) is 3.02. The Morgan fingerprint density at radius 1 is 1.44 bits per heavy atom. The number of rotatable bonds is 2. The lowest BCUT2D eigenvalue weighted by atomic mass is 10.2. The molecule has 2 heterocycles. The first kappa shape index (κ1) is 12.5. The van der Waals surface area contributed by atoms with Crippen LogP contribution in [-0.2, 0) is 11.0 Å². The summed E-state index contributed by atoms with van der Waals surface area (Å²) in [5, 5.41) is 5.32. The molecule has 0 aliphatic carbocycles. The second-order valence-corrected chi connectivity index (χ2v) is 4.01. The maximum atomic E-state index is 12.5. The molecule has 4 N–H and O–H groups in total. The third kappa shape index (κ3) is 2.82. The predicted molar refractivity (Wildman–Crippen MR) is 58.7 cm³/mol. The molecular formula is C10H11F3N4O. The van der Waals surface area contributed by atoms with E-state index in [0.29, 0.717) is 6.54 Å². The van der Waals surface area contributed by atoms with Crippen molar-refractivity contribution >= 4 is 17.5 Å². The monoisotopic (exact) mass is 260 g/mol. The number of nitrogens with two attached hydrogens (primary N) is 1. The van der Waals surface area contributed by atoms with Crippen LogP contribution in [-0.4, -0.2) is 23.5 Å². The van der Waals surface area contributed by atoms with E-state index in [1.807, 2.05) is 0 Å². The highest BCUT2D eigenvalue weighted by Crippen LogP contribution is 2.31. The maximum absolute atomic E-state index is 12.5. The molecule has 5 nitrogen and oxygen atoms in total. The summed E-state index contributed by atoms with van der Waals surface area (Å²) in [7, 11) is 0. The minimum Gasteiger partial charge on any atom is -0.384 e. The molecule has 1 aliphatic heterocycles. The van der Waals surface area contributed by atoms with Gasteiger partial charge >= 0.3 is 6.18 Å². The summed E-state index contributed by atoms with van der Waals surface area (Å²) < 4.78 is 37.6. The Hall–Kier alpha value is -1.99. The second-order valence-electron chi connectivity index (χ2n) is 4.01. The Morgan fingerprint density at radius 2 is 2.17 bits per heavy atom. The van der Waals surface area contributed by atoms with Crippen molar-refractivity contribution in [1.82, 2.24) is 10.3 Å². The molecule has 1 aromatic heterocycles. The first-order valence-corrected chi connectivity index (χ1v) is 5.22. The van der Waals surface area contributed by atoms with Crippen LogP contribution < -0.4 is 16.4 Å². The summed E-state index contributed by atoms with van der Waals surface area (Å²) in [6, 6.07) is 1.37. The van der Waals surface area contributed by atoms with Gasteiger partial charge in [0.1, 0.15) is 11.6 Å². The molecule has 1 atom stereocenters. The van der Waals surface area contributed by atoms with E-state index in [2.05, 4.69) is 15.6 Å². The molecule has 1 unspecified atom stereocenters. The van der Waals surface area contributed by atoms with Crippen LogP contribution in [0.1, 0.15) is 12.0 Å². The van der Waals surface area contributed by atoms with Gasteiger partial charge in [0.25, 0.3) is 0 Å². The predicted octanol–water partition coefficient (Wildman–Crippen LogP) is 0.983. The number of anilines is 2. The summed E-state index contributed by atoms with van der Waals surface area (Å²) in [5.41, 5.74) is 4.46. The van der Waals surface area contributed by atoms with Gasteiger partial charge in [0.2, 0.25) is 5.91 Å². The molecule has 1 aromatic rings. The number of carbonyl (C=O) groups excluding carboxylic acids is 1. The first-order valence-electron chi connectivity index (χ1n) is 5.22. The van der Waals surface area contributed by atoms with Gasteiger partial charge < -0.3 is 16.4 Å². The third-order valence-electron chi connectivity index (χ3n) is 2.50. The normalized spacial score (nSPS) is 19.7. The second kappa shape index (κ2) is 4.35. The van der Waals surface area contributed by atoms with Gasteiger partial charge in [-0.1, -0.05) is 0 Å². The number of hydrogen-bond acceptors (Lipinski definition) is 4. The van der Waals surface area contributed by atoms with Crippen molar-refractivity contribution in [3.8, 4) is 0 Å². The zero-order valence-electron chi connectivity index (χ0n) is 9.21. The van der Waals surface area contributed by atoms with Crippen LogP contribution in [0.3, 0.4) is 0 Å². The van der Waals surface area contributed by atoms with Crippen LogP contribution >= 0.6 is 0 Å². The molecule has 1 amide bonds. The Morgan fingerprint density at radius 3 is 2.72 bits per heavy atom. The molecule has 1 aliphatic rings. The number of aromatic nitrogens is 1. The minimum absolute atomic E-state index is 0.0174. The summed E-state index contributed by atoms with van der Waals surface area (Å²) >= 11 is 0. The Labute approximate surface area is 101 Å². The average molecular weight is 260 g/mol. The molecule has 0 radical (unpaired) electrons. The zero-order valence-corrected chi connectivity index (χ0v) is 9.21. The van der Waals surface area contributed by atoms with Crippen molar-refractivity contribution in [3.63, 3.8) is 0 Å². The number of pyridine rings is 1. The van der Waals surface area contributed by atoms with Crippen molar-refractivity contribution in [2.75, 3.05) is 17.6 Å². The number of nitrogen functional groups attached to an aromatic ring is 1. The van der Waals surface area contributed by atoms with Crippen molar-refractivity contribution in [2.24, 2.45) is 0 Å². The number of carbonyl (C=O) groups is 1. The molecule has 1 saturated heterocycles. The van der Waals surface area contributed by atoms with Crippen LogP contribution in [0.4, 0.5) is 24.8 Å². The topological polar surface area (TPSA) is 80.0 Å². The third-order valence-corrected chi connectivity index (χ3v) is 2.50. The highest BCUT2D eigenvalue weighted by Gasteiger charge is 2.32. The quantitative estimate of drug-likeness (QED) is 0.740. The van der Waals surface area contributed by atoms with Crippen molar-refractivity contribution in [2.45, 2.75) is 18.6 Å². The summed E-state index contributed by atoms with van der Waals surface area (Å²) in [5.74, 6) is -0.346.